The van der Waals surface area contributed by atoms with Crippen LogP contribution in [0.2, 0.25) is 0 Å². The third-order valence-corrected chi connectivity index (χ3v) is 4.39. The molecule has 0 aliphatic rings. The molecule has 146 valence electrons. The Labute approximate surface area is 197 Å². The molecule has 0 heterocycles. The molecule has 29 heavy (non-hydrogen) atoms. The van der Waals surface area contributed by atoms with E-state index >= 15 is 0 Å². The van der Waals surface area contributed by atoms with Crippen LogP contribution in [0, 0.1) is 52.8 Å². The molecule has 0 atom stereocenters. The van der Waals surface area contributed by atoms with E-state index in [-0.39, 0.29) is 26.2 Å². The zero-order valence-electron chi connectivity index (χ0n) is 18.2. The van der Waals surface area contributed by atoms with Crippen molar-refractivity contribution in [2.75, 3.05) is 0 Å². The number of hydrogen-bond donors (Lipinski definition) is 0. The van der Waals surface area contributed by atoms with E-state index in [4.69, 9.17) is 0 Å². The standard InChI is InChI=1S/C11H15.2C6H5.C5H5.Zr/c1-7-6-8(2)10(4)11(5)9(7)3;2*1-2-4-6-5-3-1;1-2-4-5-3-1;/h1-5H3;2*1-5H;1-5H;/q4*-1;+4. The Morgan fingerprint density at radius 2 is 0.897 bits per heavy atom. The third kappa shape index (κ3) is 12.1. The topological polar surface area (TPSA) is 0 Å². The molecule has 0 unspecified atom stereocenters. The molecule has 0 N–H and O–H groups in total. The monoisotopic (exact) mass is 456 g/mol. The van der Waals surface area contributed by atoms with Crippen molar-refractivity contribution in [3.8, 4) is 0 Å². The second kappa shape index (κ2) is 16.8. The first-order valence-corrected chi connectivity index (χ1v) is 9.49. The summed E-state index contributed by atoms with van der Waals surface area (Å²) < 4.78 is 0. The molecule has 0 aliphatic heterocycles. The molecule has 0 aliphatic carbocycles. The van der Waals surface area contributed by atoms with Crippen LogP contribution in [0.3, 0.4) is 0 Å². The van der Waals surface area contributed by atoms with Gasteiger partial charge in [0.05, 0.1) is 0 Å². The van der Waals surface area contributed by atoms with Crippen molar-refractivity contribution in [2.24, 2.45) is 0 Å². The number of aryl methyl sites for hydroxylation is 2. The molecule has 0 fully saturated rings. The third-order valence-electron chi connectivity index (χ3n) is 4.39. The molecule has 0 amide bonds. The molecular weight excluding hydrogens is 428 g/mol. The molecule has 4 rings (SSSR count). The Bertz CT molecular complexity index is 720. The number of hydrogen-bond acceptors (Lipinski definition) is 0. The minimum absolute atomic E-state index is 0. The van der Waals surface area contributed by atoms with Gasteiger partial charge in [0, 0.05) is 0 Å². The summed E-state index contributed by atoms with van der Waals surface area (Å²) in [6.45, 7) is 10.7. The molecule has 0 aromatic heterocycles. The van der Waals surface area contributed by atoms with Crippen LogP contribution in [-0.4, -0.2) is 0 Å². The zero-order valence-corrected chi connectivity index (χ0v) is 20.6. The second-order valence-corrected chi connectivity index (χ2v) is 6.37. The second-order valence-electron chi connectivity index (χ2n) is 6.37. The van der Waals surface area contributed by atoms with E-state index in [0.29, 0.717) is 0 Å². The summed E-state index contributed by atoms with van der Waals surface area (Å²) in [6.07, 6.45) is 0. The fourth-order valence-electron chi connectivity index (χ4n) is 2.32. The molecule has 1 heteroatoms. The molecule has 0 saturated heterocycles. The van der Waals surface area contributed by atoms with Crippen molar-refractivity contribution in [3.63, 3.8) is 0 Å². The van der Waals surface area contributed by atoms with Crippen molar-refractivity contribution >= 4 is 0 Å². The van der Waals surface area contributed by atoms with Gasteiger partial charge in [-0.05, 0) is 0 Å². The summed E-state index contributed by atoms with van der Waals surface area (Å²) in [5, 5.41) is 0. The molecule has 4 aromatic rings. The van der Waals surface area contributed by atoms with Gasteiger partial charge in [-0.25, -0.2) is 12.1 Å². The van der Waals surface area contributed by atoms with Crippen LogP contribution in [0.5, 0.6) is 0 Å². The molecule has 0 radical (unpaired) electrons. The first kappa shape index (κ1) is 26.9. The van der Waals surface area contributed by atoms with E-state index in [1.807, 2.05) is 91.0 Å². The summed E-state index contributed by atoms with van der Waals surface area (Å²) in [5.74, 6) is 0. The SMILES string of the molecule is Cc1[c-]c(C)c(C)c(C)c1C.[Zr+4].[c-]1ccccc1.[c-]1ccccc1.c1cc[cH-]c1. The summed E-state index contributed by atoms with van der Waals surface area (Å²) >= 11 is 0. The fourth-order valence-corrected chi connectivity index (χ4v) is 2.32. The first-order valence-electron chi connectivity index (χ1n) is 9.49. The summed E-state index contributed by atoms with van der Waals surface area (Å²) in [6, 6.07) is 38.3. The number of rotatable bonds is 0. The van der Waals surface area contributed by atoms with Gasteiger partial charge in [-0.1, -0.05) is 34.6 Å². The fraction of sp³-hybridized carbons (Fsp3) is 0.179. The van der Waals surface area contributed by atoms with Crippen LogP contribution >= 0.6 is 0 Å². The minimum Gasteiger partial charge on any atom is -0.214 e. The van der Waals surface area contributed by atoms with Gasteiger partial charge in [0.15, 0.2) is 0 Å². The quantitative estimate of drug-likeness (QED) is 0.241. The van der Waals surface area contributed by atoms with Gasteiger partial charge >= 0.3 is 26.2 Å². The Kier molecular flexibility index (Phi) is 15.6. The van der Waals surface area contributed by atoms with E-state index < -0.39 is 0 Å². The van der Waals surface area contributed by atoms with E-state index in [2.05, 4.69) is 52.8 Å². The maximum atomic E-state index is 3.35. The van der Waals surface area contributed by atoms with Crippen molar-refractivity contribution in [1.82, 2.24) is 0 Å². The minimum atomic E-state index is 0. The first-order chi connectivity index (χ1) is 13.5. The van der Waals surface area contributed by atoms with Crippen LogP contribution in [-0.2, 0) is 26.2 Å². The Balaban J connectivity index is 0.000000376. The Hall–Kier alpha value is -2.11. The van der Waals surface area contributed by atoms with Crippen molar-refractivity contribution < 1.29 is 26.2 Å². The van der Waals surface area contributed by atoms with E-state index in [1.165, 1.54) is 27.8 Å². The Morgan fingerprint density at radius 3 is 1.10 bits per heavy atom. The van der Waals surface area contributed by atoms with Crippen LogP contribution < -0.4 is 0 Å². The van der Waals surface area contributed by atoms with Gasteiger partial charge in [0.2, 0.25) is 0 Å². The van der Waals surface area contributed by atoms with Crippen molar-refractivity contribution in [2.45, 2.75) is 34.6 Å². The maximum Gasteiger partial charge on any atom is 4.00 e. The molecule has 4 aromatic carbocycles. The van der Waals surface area contributed by atoms with Gasteiger partial charge in [-0.3, -0.25) is 0 Å². The average Bonchev–Trinajstić information content (AvgIpc) is 3.35. The van der Waals surface area contributed by atoms with E-state index in [0.717, 1.165) is 0 Å². The predicted octanol–water partition coefficient (Wildman–Crippen LogP) is 7.41. The van der Waals surface area contributed by atoms with Gasteiger partial charge in [0.1, 0.15) is 0 Å². The maximum absolute atomic E-state index is 3.35. The Morgan fingerprint density at radius 1 is 0.517 bits per heavy atom. The summed E-state index contributed by atoms with van der Waals surface area (Å²) in [5.41, 5.74) is 6.75. The van der Waals surface area contributed by atoms with E-state index in [9.17, 15) is 0 Å². The van der Waals surface area contributed by atoms with Crippen LogP contribution in [0.1, 0.15) is 27.8 Å². The van der Waals surface area contributed by atoms with Gasteiger partial charge < -0.3 is 0 Å². The van der Waals surface area contributed by atoms with Gasteiger partial charge in [-0.2, -0.15) is 125 Å². The van der Waals surface area contributed by atoms with Gasteiger partial charge in [0.25, 0.3) is 0 Å². The molecule has 0 nitrogen and oxygen atoms in total. The molecule has 0 bridgehead atoms. The summed E-state index contributed by atoms with van der Waals surface area (Å²) in [7, 11) is 0. The van der Waals surface area contributed by atoms with Crippen molar-refractivity contribution in [1.29, 1.82) is 0 Å². The number of benzene rings is 3. The van der Waals surface area contributed by atoms with Crippen LogP contribution in [0.15, 0.2) is 91.0 Å². The molecular formula is C28H30Zr. The van der Waals surface area contributed by atoms with E-state index in [1.54, 1.807) is 0 Å². The molecule has 0 saturated carbocycles. The van der Waals surface area contributed by atoms with Gasteiger partial charge in [-0.15, -0.1) is 0 Å². The smallest absolute Gasteiger partial charge is 0.214 e. The van der Waals surface area contributed by atoms with Crippen LogP contribution in [0.25, 0.3) is 0 Å². The molecule has 0 spiro atoms. The average molecular weight is 458 g/mol. The van der Waals surface area contributed by atoms with Crippen LogP contribution in [0.4, 0.5) is 0 Å². The normalized spacial score (nSPS) is 8.59. The van der Waals surface area contributed by atoms with Crippen molar-refractivity contribution in [3.05, 3.63) is 137 Å². The largest absolute Gasteiger partial charge is 4.00 e. The predicted molar refractivity (Wildman–Crippen MR) is 122 cm³/mol. The zero-order chi connectivity index (χ0) is 20.6. The summed E-state index contributed by atoms with van der Waals surface area (Å²) in [4.78, 5) is 0.